The minimum absolute atomic E-state index is 0.388. The maximum absolute atomic E-state index is 2.52. The Morgan fingerprint density at radius 1 is 0.370 bits per heavy atom. The molecule has 0 unspecified atom stereocenters. The normalized spacial score (nSPS) is 14.2. The monoisotopic (exact) mass is 598 g/mol. The van der Waals surface area contributed by atoms with Crippen LogP contribution in [-0.4, -0.2) is 0 Å². The van der Waals surface area contributed by atoms with Crippen molar-refractivity contribution in [3.8, 4) is 44.5 Å². The summed E-state index contributed by atoms with van der Waals surface area (Å²) in [5.41, 5.74) is 15.7. The standard InChI is InChI=1S/C45H26S/c1-2-12-31-27(10-1)20-23-37-34-22-21-28(30-24-29-11-9-16-36-35-15-5-8-19-41(35)46-42(26-30)43(29)36)25-40(34)45(44(31)37)38-17-6-3-13-32(38)33-14-4-7-18-39(33)45/h1-26H. The van der Waals surface area contributed by atoms with Gasteiger partial charge < -0.3 is 0 Å². The highest BCUT2D eigenvalue weighted by molar-refractivity contribution is 7.99. The van der Waals surface area contributed by atoms with Crippen LogP contribution < -0.4 is 0 Å². The van der Waals surface area contributed by atoms with Crippen LogP contribution in [0.4, 0.5) is 0 Å². The van der Waals surface area contributed by atoms with Crippen molar-refractivity contribution in [2.75, 3.05) is 0 Å². The lowest BCUT2D eigenvalue weighted by molar-refractivity contribution is 0.801. The summed E-state index contributed by atoms with van der Waals surface area (Å²) < 4.78 is 0. The van der Waals surface area contributed by atoms with E-state index >= 15 is 0 Å². The van der Waals surface area contributed by atoms with E-state index in [-0.39, 0.29) is 5.41 Å². The van der Waals surface area contributed by atoms with Gasteiger partial charge in [0.25, 0.3) is 0 Å². The lowest BCUT2D eigenvalue weighted by atomic mass is 9.69. The van der Waals surface area contributed by atoms with Crippen molar-refractivity contribution < 1.29 is 0 Å². The van der Waals surface area contributed by atoms with E-state index in [1.807, 2.05) is 11.8 Å². The Labute approximate surface area is 272 Å². The summed E-state index contributed by atoms with van der Waals surface area (Å²) in [5.74, 6) is 0. The molecule has 0 radical (unpaired) electrons. The molecule has 8 aromatic rings. The van der Waals surface area contributed by atoms with Gasteiger partial charge in [-0.3, -0.25) is 0 Å². The van der Waals surface area contributed by atoms with Gasteiger partial charge in [0.1, 0.15) is 0 Å². The van der Waals surface area contributed by atoms with Gasteiger partial charge >= 0.3 is 0 Å². The zero-order valence-corrected chi connectivity index (χ0v) is 25.7. The Bertz CT molecular complexity index is 2580. The largest absolute Gasteiger partial charge is 0.0888 e. The van der Waals surface area contributed by atoms with Crippen LogP contribution in [0.25, 0.3) is 66.1 Å². The van der Waals surface area contributed by atoms with Crippen LogP contribution in [0.1, 0.15) is 22.3 Å². The second kappa shape index (κ2) is 8.88. The highest BCUT2D eigenvalue weighted by Crippen LogP contribution is 2.64. The van der Waals surface area contributed by atoms with E-state index in [0.717, 1.165) is 0 Å². The molecule has 0 saturated heterocycles. The number of benzene rings is 8. The molecule has 0 N–H and O–H groups in total. The van der Waals surface area contributed by atoms with E-state index in [1.54, 1.807) is 0 Å². The first-order chi connectivity index (χ1) is 22.8. The fourth-order valence-electron chi connectivity index (χ4n) is 8.85. The molecule has 0 atom stereocenters. The summed E-state index contributed by atoms with van der Waals surface area (Å²) in [7, 11) is 0. The van der Waals surface area contributed by atoms with E-state index in [2.05, 4.69) is 158 Å². The van der Waals surface area contributed by atoms with Crippen molar-refractivity contribution in [2.24, 2.45) is 0 Å². The minimum atomic E-state index is -0.388. The van der Waals surface area contributed by atoms with Crippen LogP contribution in [0.3, 0.4) is 0 Å². The molecule has 2 aliphatic carbocycles. The number of hydrogen-bond acceptors (Lipinski definition) is 1. The molecule has 212 valence electrons. The lowest BCUT2D eigenvalue weighted by Gasteiger charge is -2.31. The average molecular weight is 599 g/mol. The van der Waals surface area contributed by atoms with E-state index < -0.39 is 0 Å². The summed E-state index contributed by atoms with van der Waals surface area (Å²) in [6.45, 7) is 0. The zero-order valence-electron chi connectivity index (χ0n) is 24.9. The Morgan fingerprint density at radius 3 is 1.87 bits per heavy atom. The van der Waals surface area contributed by atoms with Gasteiger partial charge in [-0.25, -0.2) is 0 Å². The van der Waals surface area contributed by atoms with Gasteiger partial charge in [-0.15, -0.1) is 0 Å². The van der Waals surface area contributed by atoms with E-state index in [0.29, 0.717) is 0 Å². The van der Waals surface area contributed by atoms with Crippen molar-refractivity contribution in [3.63, 3.8) is 0 Å². The van der Waals surface area contributed by atoms with E-state index in [1.165, 1.54) is 98.1 Å². The van der Waals surface area contributed by atoms with Crippen molar-refractivity contribution >= 4 is 33.3 Å². The van der Waals surface area contributed by atoms with Gasteiger partial charge in [-0.1, -0.05) is 145 Å². The lowest BCUT2D eigenvalue weighted by Crippen LogP contribution is -2.26. The zero-order chi connectivity index (χ0) is 30.0. The average Bonchev–Trinajstić information content (AvgIpc) is 3.59. The molecule has 1 spiro atoms. The van der Waals surface area contributed by atoms with Crippen molar-refractivity contribution in [3.05, 3.63) is 180 Å². The fourth-order valence-corrected chi connectivity index (χ4v) is 10.0. The van der Waals surface area contributed by atoms with Crippen LogP contribution in [0, 0.1) is 0 Å². The smallest absolute Gasteiger partial charge is 0.0731 e. The summed E-state index contributed by atoms with van der Waals surface area (Å²) in [5, 5.41) is 5.29. The van der Waals surface area contributed by atoms with Gasteiger partial charge in [-0.05, 0) is 107 Å². The summed E-state index contributed by atoms with van der Waals surface area (Å²) in [6, 6.07) is 59.5. The first-order valence-electron chi connectivity index (χ1n) is 16.0. The second-order valence-corrected chi connectivity index (χ2v) is 13.9. The van der Waals surface area contributed by atoms with Gasteiger partial charge in [0.05, 0.1) is 5.41 Å². The summed E-state index contributed by atoms with van der Waals surface area (Å²) in [6.07, 6.45) is 0. The van der Waals surface area contributed by atoms with Crippen LogP contribution in [0.5, 0.6) is 0 Å². The quantitative estimate of drug-likeness (QED) is 0.181. The Morgan fingerprint density at radius 2 is 1.02 bits per heavy atom. The third kappa shape index (κ3) is 3.02. The third-order valence-electron chi connectivity index (χ3n) is 10.6. The van der Waals surface area contributed by atoms with Crippen LogP contribution in [0.15, 0.2) is 168 Å². The van der Waals surface area contributed by atoms with Crippen molar-refractivity contribution in [1.82, 2.24) is 0 Å². The first kappa shape index (κ1) is 24.9. The summed E-state index contributed by atoms with van der Waals surface area (Å²) >= 11 is 1.90. The molecular formula is C45H26S. The number of rotatable bonds is 1. The van der Waals surface area contributed by atoms with Crippen LogP contribution in [-0.2, 0) is 5.41 Å². The topological polar surface area (TPSA) is 0 Å². The Hall–Kier alpha value is -5.37. The highest BCUT2D eigenvalue weighted by Gasteiger charge is 2.52. The summed E-state index contributed by atoms with van der Waals surface area (Å²) in [4.78, 5) is 2.66. The molecule has 3 aliphatic rings. The number of hydrogen-bond donors (Lipinski definition) is 0. The Kier molecular flexibility index (Phi) is 4.80. The molecule has 1 heterocycles. The molecule has 0 saturated carbocycles. The molecule has 1 aliphatic heterocycles. The van der Waals surface area contributed by atoms with E-state index in [4.69, 9.17) is 0 Å². The molecule has 11 rings (SSSR count). The number of fused-ring (bicyclic) bond motifs is 14. The third-order valence-corrected chi connectivity index (χ3v) is 11.8. The van der Waals surface area contributed by atoms with Crippen molar-refractivity contribution in [2.45, 2.75) is 15.2 Å². The predicted octanol–water partition coefficient (Wildman–Crippen LogP) is 12.1. The van der Waals surface area contributed by atoms with Crippen molar-refractivity contribution in [1.29, 1.82) is 0 Å². The minimum Gasteiger partial charge on any atom is -0.0888 e. The molecule has 1 heteroatoms. The van der Waals surface area contributed by atoms with Gasteiger partial charge in [0.2, 0.25) is 0 Å². The SMILES string of the molecule is c1ccc2c(c1)Sc1cc(-c3ccc4c(c3)C3(c5ccccc5-c5ccccc53)c3c-4ccc4ccccc34)cc3cccc-2c13. The Balaban J connectivity index is 1.22. The molecule has 0 bridgehead atoms. The predicted molar refractivity (Wildman–Crippen MR) is 193 cm³/mol. The molecule has 0 amide bonds. The molecule has 0 aromatic heterocycles. The maximum atomic E-state index is 2.52. The molecule has 8 aromatic carbocycles. The molecule has 0 nitrogen and oxygen atoms in total. The van der Waals surface area contributed by atoms with Gasteiger partial charge in [0, 0.05) is 15.2 Å². The van der Waals surface area contributed by atoms with Gasteiger partial charge in [0.15, 0.2) is 0 Å². The van der Waals surface area contributed by atoms with Gasteiger partial charge in [-0.2, -0.15) is 0 Å². The van der Waals surface area contributed by atoms with E-state index in [9.17, 15) is 0 Å². The highest BCUT2D eigenvalue weighted by atomic mass is 32.2. The molecule has 0 fully saturated rings. The molecule has 46 heavy (non-hydrogen) atoms. The second-order valence-electron chi connectivity index (χ2n) is 12.8. The first-order valence-corrected chi connectivity index (χ1v) is 16.8. The van der Waals surface area contributed by atoms with Crippen LogP contribution >= 0.6 is 11.8 Å². The fraction of sp³-hybridized carbons (Fsp3) is 0.0222. The molecular weight excluding hydrogens is 573 g/mol. The van der Waals surface area contributed by atoms with Crippen LogP contribution in [0.2, 0.25) is 0 Å². The maximum Gasteiger partial charge on any atom is 0.0731 e.